The normalized spacial score (nSPS) is 12.5. The predicted molar refractivity (Wildman–Crippen MR) is 95.3 cm³/mol. The van der Waals surface area contributed by atoms with Crippen molar-refractivity contribution in [1.82, 2.24) is 4.57 Å². The van der Waals surface area contributed by atoms with Crippen LogP contribution in [0.2, 0.25) is 0 Å². The highest BCUT2D eigenvalue weighted by atomic mass is 19.4. The third kappa shape index (κ3) is 3.63. The zero-order chi connectivity index (χ0) is 20.9. The molecular formula is C20H17F6N2+. The van der Waals surface area contributed by atoms with Crippen LogP contribution in [-0.4, -0.2) is 29.5 Å². The van der Waals surface area contributed by atoms with Gasteiger partial charge in [0.1, 0.15) is 14.1 Å². The Kier molecular flexibility index (Phi) is 4.77. The van der Waals surface area contributed by atoms with Crippen LogP contribution in [0.15, 0.2) is 42.5 Å². The SMILES string of the molecule is Cc1c(C=[N+](C)C)c2ccccc2n1-c1cc(C(F)(F)F)cc(C(F)(F)F)c1. The molecule has 0 aliphatic rings. The summed E-state index contributed by atoms with van der Waals surface area (Å²) in [5, 5.41) is 0.736. The molecule has 0 aliphatic carbocycles. The van der Waals surface area contributed by atoms with E-state index in [0.29, 0.717) is 11.2 Å². The standard InChI is InChI=1S/C20H17F6N2/c1-12-17(11-27(2)3)16-6-4-5-7-18(16)28(12)15-9-13(19(21,22)23)8-14(10-15)20(24,25)26/h4-11H,1-3H3/q+1. The van der Waals surface area contributed by atoms with Gasteiger partial charge in [0.05, 0.1) is 22.2 Å². The Bertz CT molecular complexity index is 1030. The minimum absolute atomic E-state index is 0.136. The van der Waals surface area contributed by atoms with Crippen molar-refractivity contribution >= 4 is 17.1 Å². The van der Waals surface area contributed by atoms with Crippen molar-refractivity contribution < 1.29 is 30.9 Å². The van der Waals surface area contributed by atoms with Crippen molar-refractivity contribution in [3.8, 4) is 5.69 Å². The van der Waals surface area contributed by atoms with E-state index in [-0.39, 0.29) is 11.8 Å². The van der Waals surface area contributed by atoms with Crippen molar-refractivity contribution in [3.63, 3.8) is 0 Å². The Balaban J connectivity index is 2.40. The van der Waals surface area contributed by atoms with Crippen LogP contribution >= 0.6 is 0 Å². The summed E-state index contributed by atoms with van der Waals surface area (Å²) in [4.78, 5) is 0. The molecule has 3 aromatic rings. The van der Waals surface area contributed by atoms with Gasteiger partial charge in [0, 0.05) is 16.8 Å². The second-order valence-electron chi connectivity index (χ2n) is 6.71. The van der Waals surface area contributed by atoms with Gasteiger partial charge in [0.2, 0.25) is 0 Å². The highest BCUT2D eigenvalue weighted by Crippen LogP contribution is 2.38. The Morgan fingerprint density at radius 2 is 1.39 bits per heavy atom. The number of hydrogen-bond acceptors (Lipinski definition) is 0. The lowest BCUT2D eigenvalue weighted by Gasteiger charge is -2.16. The lowest BCUT2D eigenvalue weighted by atomic mass is 10.1. The molecule has 0 bridgehead atoms. The molecule has 1 heterocycles. The monoisotopic (exact) mass is 399 g/mol. The number of para-hydroxylation sites is 1. The Morgan fingerprint density at radius 1 is 0.857 bits per heavy atom. The van der Waals surface area contributed by atoms with Crippen LogP contribution in [0, 0.1) is 6.92 Å². The summed E-state index contributed by atoms with van der Waals surface area (Å²) in [5.74, 6) is 0. The Hall–Kier alpha value is -2.77. The molecule has 0 amide bonds. The fourth-order valence-electron chi connectivity index (χ4n) is 3.21. The third-order valence-electron chi connectivity index (χ3n) is 4.38. The summed E-state index contributed by atoms with van der Waals surface area (Å²) in [5.41, 5.74) is -1.07. The average Bonchev–Trinajstić information content (AvgIpc) is 2.85. The van der Waals surface area contributed by atoms with E-state index in [1.165, 1.54) is 4.57 Å². The topological polar surface area (TPSA) is 7.94 Å². The molecule has 0 N–H and O–H groups in total. The van der Waals surface area contributed by atoms with E-state index in [2.05, 4.69) is 0 Å². The molecule has 2 aromatic carbocycles. The van der Waals surface area contributed by atoms with E-state index in [1.807, 2.05) is 0 Å². The van der Waals surface area contributed by atoms with Gasteiger partial charge in [-0.15, -0.1) is 0 Å². The summed E-state index contributed by atoms with van der Waals surface area (Å²) >= 11 is 0. The first kappa shape index (κ1) is 20.0. The van der Waals surface area contributed by atoms with E-state index in [9.17, 15) is 26.3 Å². The second kappa shape index (κ2) is 6.68. The number of alkyl halides is 6. The van der Waals surface area contributed by atoms with Gasteiger partial charge in [-0.2, -0.15) is 26.3 Å². The fourth-order valence-corrected chi connectivity index (χ4v) is 3.21. The summed E-state index contributed by atoms with van der Waals surface area (Å²) < 4.78 is 82.7. The van der Waals surface area contributed by atoms with Gasteiger partial charge in [-0.05, 0) is 31.2 Å². The number of aromatic nitrogens is 1. The largest absolute Gasteiger partial charge is 0.416 e. The highest BCUT2D eigenvalue weighted by Gasteiger charge is 2.37. The Labute approximate surface area is 157 Å². The molecule has 0 atom stereocenters. The van der Waals surface area contributed by atoms with Gasteiger partial charge in [-0.3, -0.25) is 0 Å². The molecule has 0 radical (unpaired) electrons. The van der Waals surface area contributed by atoms with Crippen LogP contribution in [0.1, 0.15) is 22.4 Å². The zero-order valence-corrected chi connectivity index (χ0v) is 15.3. The molecule has 0 saturated heterocycles. The van der Waals surface area contributed by atoms with Crippen LogP contribution in [0.3, 0.4) is 0 Å². The summed E-state index contributed by atoms with van der Waals surface area (Å²) in [6.45, 7) is 1.67. The van der Waals surface area contributed by atoms with Crippen molar-refractivity contribution in [2.45, 2.75) is 19.3 Å². The summed E-state index contributed by atoms with van der Waals surface area (Å²) in [6, 6.07) is 8.54. The van der Waals surface area contributed by atoms with Crippen LogP contribution < -0.4 is 0 Å². The zero-order valence-electron chi connectivity index (χ0n) is 15.3. The highest BCUT2D eigenvalue weighted by molar-refractivity contribution is 6.00. The van der Waals surface area contributed by atoms with E-state index in [0.717, 1.165) is 23.1 Å². The molecule has 148 valence electrons. The predicted octanol–water partition coefficient (Wildman–Crippen LogP) is 5.67. The van der Waals surface area contributed by atoms with Crippen molar-refractivity contribution in [3.05, 3.63) is 64.8 Å². The number of rotatable bonds is 2. The van der Waals surface area contributed by atoms with Gasteiger partial charge in [-0.25, -0.2) is 4.58 Å². The number of benzene rings is 2. The van der Waals surface area contributed by atoms with Gasteiger partial charge in [-0.1, -0.05) is 18.2 Å². The van der Waals surface area contributed by atoms with Crippen LogP contribution in [0.5, 0.6) is 0 Å². The van der Waals surface area contributed by atoms with Gasteiger partial charge in [0.15, 0.2) is 6.21 Å². The molecule has 3 rings (SSSR count). The minimum atomic E-state index is -4.90. The number of fused-ring (bicyclic) bond motifs is 1. The number of nitrogens with zero attached hydrogens (tertiary/aromatic N) is 2. The van der Waals surface area contributed by atoms with Crippen molar-refractivity contribution in [2.24, 2.45) is 0 Å². The molecule has 8 heteroatoms. The quantitative estimate of drug-likeness (QED) is 0.298. The van der Waals surface area contributed by atoms with Gasteiger partial charge < -0.3 is 4.57 Å². The average molecular weight is 399 g/mol. The van der Waals surface area contributed by atoms with Crippen molar-refractivity contribution in [1.29, 1.82) is 0 Å². The van der Waals surface area contributed by atoms with Crippen LogP contribution in [0.4, 0.5) is 26.3 Å². The number of halogens is 6. The molecule has 1 aromatic heterocycles. The van der Waals surface area contributed by atoms with Gasteiger partial charge >= 0.3 is 12.4 Å². The summed E-state index contributed by atoms with van der Waals surface area (Å²) in [7, 11) is 3.58. The second-order valence-corrected chi connectivity index (χ2v) is 6.71. The molecule has 2 nitrogen and oxygen atoms in total. The smallest absolute Gasteiger partial charge is 0.313 e. The maximum Gasteiger partial charge on any atom is 0.416 e. The third-order valence-corrected chi connectivity index (χ3v) is 4.38. The first-order valence-electron chi connectivity index (χ1n) is 8.31. The van der Waals surface area contributed by atoms with Crippen LogP contribution in [0.25, 0.3) is 16.6 Å². The van der Waals surface area contributed by atoms with E-state index >= 15 is 0 Å². The molecular weight excluding hydrogens is 382 g/mol. The maximum absolute atomic E-state index is 13.3. The minimum Gasteiger partial charge on any atom is -0.313 e. The molecule has 0 saturated carbocycles. The number of hydrogen-bond donors (Lipinski definition) is 0. The first-order valence-corrected chi connectivity index (χ1v) is 8.31. The molecule has 28 heavy (non-hydrogen) atoms. The molecule has 0 fully saturated rings. The molecule has 0 aliphatic heterocycles. The molecule has 0 spiro atoms. The van der Waals surface area contributed by atoms with E-state index in [1.54, 1.807) is 56.1 Å². The fraction of sp³-hybridized carbons (Fsp3) is 0.250. The van der Waals surface area contributed by atoms with E-state index in [4.69, 9.17) is 0 Å². The summed E-state index contributed by atoms with van der Waals surface area (Å²) in [6.07, 6.45) is -8.01. The maximum atomic E-state index is 13.3. The molecule has 0 unspecified atom stereocenters. The van der Waals surface area contributed by atoms with Crippen molar-refractivity contribution in [2.75, 3.05) is 14.1 Å². The Morgan fingerprint density at radius 3 is 1.89 bits per heavy atom. The first-order chi connectivity index (χ1) is 12.9. The lowest BCUT2D eigenvalue weighted by molar-refractivity contribution is -0.458. The van der Waals surface area contributed by atoms with Gasteiger partial charge in [0.25, 0.3) is 0 Å². The van der Waals surface area contributed by atoms with Crippen LogP contribution in [-0.2, 0) is 12.4 Å². The van der Waals surface area contributed by atoms with E-state index < -0.39 is 23.5 Å². The lowest BCUT2D eigenvalue weighted by Crippen LogP contribution is -2.13.